The highest BCUT2D eigenvalue weighted by molar-refractivity contribution is 5.94. The van der Waals surface area contributed by atoms with Crippen molar-refractivity contribution in [1.82, 2.24) is 5.32 Å². The van der Waals surface area contributed by atoms with Crippen LogP contribution in [0.15, 0.2) is 24.3 Å². The molecule has 0 aromatic heterocycles. The second-order valence-electron chi connectivity index (χ2n) is 5.83. The van der Waals surface area contributed by atoms with Gasteiger partial charge < -0.3 is 19.9 Å². The van der Waals surface area contributed by atoms with Gasteiger partial charge in [0, 0.05) is 31.6 Å². The molecule has 7 nitrogen and oxygen atoms in total. The van der Waals surface area contributed by atoms with Crippen molar-refractivity contribution in [3.63, 3.8) is 0 Å². The highest BCUT2D eigenvalue weighted by Gasteiger charge is 2.42. The fraction of sp³-hybridized carbons (Fsp3) is 0.471. The summed E-state index contributed by atoms with van der Waals surface area (Å²) in [5.74, 6) is -1.33. The van der Waals surface area contributed by atoms with Crippen molar-refractivity contribution in [2.24, 2.45) is 0 Å². The minimum atomic E-state index is -1.33. The minimum Gasteiger partial charge on any atom is -0.481 e. The lowest BCUT2D eigenvalue weighted by molar-refractivity contribution is -0.153. The smallest absolute Gasteiger partial charge is 0.329 e. The van der Waals surface area contributed by atoms with Crippen molar-refractivity contribution < 1.29 is 29.0 Å². The Labute approximate surface area is 139 Å². The molecule has 1 heterocycles. The van der Waals surface area contributed by atoms with Crippen LogP contribution in [0, 0.1) is 0 Å². The van der Waals surface area contributed by atoms with Gasteiger partial charge in [0.1, 0.15) is 11.3 Å². The molecule has 0 bridgehead atoms. The van der Waals surface area contributed by atoms with Crippen molar-refractivity contribution in [3.05, 3.63) is 29.8 Å². The first-order valence-corrected chi connectivity index (χ1v) is 7.75. The van der Waals surface area contributed by atoms with Crippen LogP contribution in [0.3, 0.4) is 0 Å². The quantitative estimate of drug-likeness (QED) is 0.762. The first-order chi connectivity index (χ1) is 11.3. The molecular weight excluding hydrogens is 314 g/mol. The number of ether oxygens (including phenoxy) is 2. The van der Waals surface area contributed by atoms with Gasteiger partial charge in [-0.1, -0.05) is 12.1 Å². The van der Waals surface area contributed by atoms with E-state index in [0.717, 1.165) is 0 Å². The van der Waals surface area contributed by atoms with E-state index in [9.17, 15) is 19.5 Å². The van der Waals surface area contributed by atoms with Gasteiger partial charge in [-0.25, -0.2) is 4.79 Å². The van der Waals surface area contributed by atoms with Gasteiger partial charge >= 0.3 is 5.97 Å². The number of ketones is 1. The Bertz CT molecular complexity index is 636. The molecule has 0 radical (unpaired) electrons. The number of rotatable bonds is 6. The zero-order valence-corrected chi connectivity index (χ0v) is 13.7. The maximum absolute atomic E-state index is 12.3. The van der Waals surface area contributed by atoms with E-state index in [-0.39, 0.29) is 31.8 Å². The Kier molecular flexibility index (Phi) is 5.56. The molecule has 24 heavy (non-hydrogen) atoms. The van der Waals surface area contributed by atoms with E-state index < -0.39 is 23.5 Å². The van der Waals surface area contributed by atoms with Crippen LogP contribution in [0.5, 0.6) is 5.75 Å². The molecule has 1 unspecified atom stereocenters. The predicted octanol–water partition coefficient (Wildman–Crippen LogP) is 1.41. The average Bonchev–Trinajstić information content (AvgIpc) is 2.55. The van der Waals surface area contributed by atoms with Crippen molar-refractivity contribution in [1.29, 1.82) is 0 Å². The highest BCUT2D eigenvalue weighted by Crippen LogP contribution is 2.22. The fourth-order valence-electron chi connectivity index (χ4n) is 2.50. The minimum absolute atomic E-state index is 0.107. The predicted molar refractivity (Wildman–Crippen MR) is 85.1 cm³/mol. The number of carbonyl (C=O) groups is 3. The summed E-state index contributed by atoms with van der Waals surface area (Å²) in [6.45, 7) is 3.53. The molecule has 7 heteroatoms. The molecule has 1 aliphatic heterocycles. The molecule has 2 N–H and O–H groups in total. The Balaban J connectivity index is 2.05. The van der Waals surface area contributed by atoms with Crippen LogP contribution in [-0.2, 0) is 14.3 Å². The number of carboxylic acids is 1. The number of aliphatic carboxylic acids is 1. The van der Waals surface area contributed by atoms with Gasteiger partial charge in [0.2, 0.25) is 0 Å². The van der Waals surface area contributed by atoms with E-state index >= 15 is 0 Å². The lowest BCUT2D eigenvalue weighted by Crippen LogP contribution is -2.59. The Morgan fingerprint density at radius 1 is 1.29 bits per heavy atom. The third-order valence-corrected chi connectivity index (χ3v) is 4.04. The molecule has 1 saturated heterocycles. The normalized spacial score (nSPS) is 17.6. The molecule has 0 aliphatic carbocycles. The molecular formula is C17H21NO6. The van der Waals surface area contributed by atoms with E-state index in [2.05, 4.69) is 5.32 Å². The lowest BCUT2D eigenvalue weighted by Gasteiger charge is -2.34. The average molecular weight is 335 g/mol. The molecule has 0 spiro atoms. The summed E-state index contributed by atoms with van der Waals surface area (Å²) in [5.41, 5.74) is -0.847. The maximum Gasteiger partial charge on any atom is 0.329 e. The van der Waals surface area contributed by atoms with E-state index in [4.69, 9.17) is 9.47 Å². The maximum atomic E-state index is 12.3. The highest BCUT2D eigenvalue weighted by atomic mass is 16.5. The summed E-state index contributed by atoms with van der Waals surface area (Å²) >= 11 is 0. The van der Waals surface area contributed by atoms with E-state index in [0.29, 0.717) is 11.3 Å². The summed E-state index contributed by atoms with van der Waals surface area (Å²) in [5, 5.41) is 12.0. The number of Topliss-reactive ketones (excluding diaryl/α,β-unsaturated/α-hetero) is 1. The van der Waals surface area contributed by atoms with E-state index in [1.165, 1.54) is 13.8 Å². The third-order valence-electron chi connectivity index (χ3n) is 4.04. The first kappa shape index (κ1) is 17.9. The first-order valence-electron chi connectivity index (χ1n) is 7.75. The molecule has 2 rings (SSSR count). The van der Waals surface area contributed by atoms with Crippen LogP contribution >= 0.6 is 0 Å². The van der Waals surface area contributed by atoms with Crippen LogP contribution < -0.4 is 10.1 Å². The van der Waals surface area contributed by atoms with Crippen LogP contribution in [0.4, 0.5) is 0 Å². The van der Waals surface area contributed by atoms with Crippen LogP contribution in [0.2, 0.25) is 0 Å². The summed E-state index contributed by atoms with van der Waals surface area (Å²) in [6.07, 6.45) is -0.479. The van der Waals surface area contributed by atoms with Gasteiger partial charge in [-0.3, -0.25) is 9.59 Å². The number of carbonyl (C=O) groups excluding carboxylic acids is 2. The van der Waals surface area contributed by atoms with Gasteiger partial charge in [-0.15, -0.1) is 0 Å². The second kappa shape index (κ2) is 7.44. The van der Waals surface area contributed by atoms with Crippen molar-refractivity contribution in [2.45, 2.75) is 38.3 Å². The molecule has 0 saturated carbocycles. The lowest BCUT2D eigenvalue weighted by atomic mass is 9.90. The largest absolute Gasteiger partial charge is 0.481 e. The fourth-order valence-corrected chi connectivity index (χ4v) is 2.50. The topological polar surface area (TPSA) is 102 Å². The Morgan fingerprint density at radius 2 is 1.96 bits per heavy atom. The summed E-state index contributed by atoms with van der Waals surface area (Å²) in [7, 11) is 0. The standard InChI is InChI=1S/C17H21NO6/c1-11(19)13-4-3-5-14(10-13)24-12(2)15(20)18-17(16(21)22)6-8-23-9-7-17/h3-5,10,12H,6-9H2,1-2H3,(H,18,20)(H,21,22). The van der Waals surface area contributed by atoms with Gasteiger partial charge in [0.15, 0.2) is 11.9 Å². The van der Waals surface area contributed by atoms with Crippen LogP contribution in [-0.4, -0.2) is 47.6 Å². The molecule has 1 amide bonds. The second-order valence-corrected chi connectivity index (χ2v) is 5.83. The van der Waals surface area contributed by atoms with Crippen molar-refractivity contribution in [3.8, 4) is 5.75 Å². The number of hydrogen-bond donors (Lipinski definition) is 2. The number of benzene rings is 1. The third kappa shape index (κ3) is 4.11. The van der Waals surface area contributed by atoms with Gasteiger partial charge in [0.25, 0.3) is 5.91 Å². The number of hydrogen-bond acceptors (Lipinski definition) is 5. The Morgan fingerprint density at radius 3 is 2.54 bits per heavy atom. The van der Waals surface area contributed by atoms with Crippen LogP contribution in [0.25, 0.3) is 0 Å². The van der Waals surface area contributed by atoms with E-state index in [1.807, 2.05) is 0 Å². The van der Waals surface area contributed by atoms with Gasteiger partial charge in [0.05, 0.1) is 0 Å². The number of carboxylic acid groups (broad SMARTS) is 1. The monoisotopic (exact) mass is 335 g/mol. The van der Waals surface area contributed by atoms with Crippen LogP contribution in [0.1, 0.15) is 37.0 Å². The molecule has 1 aromatic carbocycles. The molecule has 1 atom stereocenters. The van der Waals surface area contributed by atoms with E-state index in [1.54, 1.807) is 24.3 Å². The summed E-state index contributed by atoms with van der Waals surface area (Å²) in [6, 6.07) is 6.50. The van der Waals surface area contributed by atoms with Crippen molar-refractivity contribution in [2.75, 3.05) is 13.2 Å². The zero-order chi connectivity index (χ0) is 17.7. The summed E-state index contributed by atoms with van der Waals surface area (Å²) in [4.78, 5) is 35.3. The Hall–Kier alpha value is -2.41. The number of amides is 1. The van der Waals surface area contributed by atoms with Gasteiger partial charge in [-0.2, -0.15) is 0 Å². The zero-order valence-electron chi connectivity index (χ0n) is 13.7. The molecule has 1 aromatic rings. The summed E-state index contributed by atoms with van der Waals surface area (Å²) < 4.78 is 10.7. The number of nitrogens with one attached hydrogen (secondary N) is 1. The molecule has 130 valence electrons. The molecule has 1 fully saturated rings. The van der Waals surface area contributed by atoms with Crippen molar-refractivity contribution >= 4 is 17.7 Å². The molecule has 1 aliphatic rings. The van der Waals surface area contributed by atoms with Gasteiger partial charge in [-0.05, 0) is 26.0 Å². The SMILES string of the molecule is CC(=O)c1cccc(OC(C)C(=O)NC2(C(=O)O)CCOCC2)c1.